The van der Waals surface area contributed by atoms with Crippen LogP contribution in [0.5, 0.6) is 0 Å². The lowest BCUT2D eigenvalue weighted by atomic mass is 9.90. The first-order valence-electron chi connectivity index (χ1n) is 7.49. The monoisotopic (exact) mass is 273 g/mol. The van der Waals surface area contributed by atoms with Crippen LogP contribution in [0.3, 0.4) is 0 Å². The molecule has 1 aliphatic rings. The van der Waals surface area contributed by atoms with Crippen LogP contribution in [0.1, 0.15) is 51.5 Å². The Morgan fingerprint density at radius 1 is 1.35 bits per heavy atom. The van der Waals surface area contributed by atoms with Gasteiger partial charge < -0.3 is 4.90 Å². The molecule has 0 spiro atoms. The summed E-state index contributed by atoms with van der Waals surface area (Å²) in [6.07, 6.45) is 2.04. The van der Waals surface area contributed by atoms with Gasteiger partial charge in [0.2, 0.25) is 5.91 Å². The van der Waals surface area contributed by atoms with Gasteiger partial charge in [-0.3, -0.25) is 9.59 Å². The van der Waals surface area contributed by atoms with E-state index in [1.165, 1.54) is 5.56 Å². The number of anilines is 1. The Balaban J connectivity index is 2.33. The van der Waals surface area contributed by atoms with Crippen molar-refractivity contribution in [2.24, 2.45) is 5.92 Å². The third kappa shape index (κ3) is 2.77. The van der Waals surface area contributed by atoms with Gasteiger partial charge in [0.25, 0.3) is 0 Å². The van der Waals surface area contributed by atoms with E-state index in [4.69, 9.17) is 0 Å². The second-order valence-electron chi connectivity index (χ2n) is 5.72. The van der Waals surface area contributed by atoms with E-state index in [9.17, 15) is 9.59 Å². The molecule has 3 heteroatoms. The molecule has 0 bridgehead atoms. The molecule has 2 rings (SSSR count). The molecule has 0 saturated carbocycles. The fraction of sp³-hybridized carbons (Fsp3) is 0.529. The number of amides is 1. The third-order valence-corrected chi connectivity index (χ3v) is 4.03. The smallest absolute Gasteiger partial charge is 0.237 e. The molecule has 0 aliphatic carbocycles. The molecule has 0 radical (unpaired) electrons. The Bertz CT molecular complexity index is 507. The molecule has 1 fully saturated rings. The summed E-state index contributed by atoms with van der Waals surface area (Å²) in [6.45, 7) is 6.80. The highest BCUT2D eigenvalue weighted by Crippen LogP contribution is 2.31. The maximum atomic E-state index is 12.6. The van der Waals surface area contributed by atoms with Crippen LogP contribution >= 0.6 is 0 Å². The normalized spacial score (nSPS) is 19.5. The van der Waals surface area contributed by atoms with Crippen molar-refractivity contribution in [3.63, 3.8) is 0 Å². The van der Waals surface area contributed by atoms with E-state index in [1.54, 1.807) is 0 Å². The lowest BCUT2D eigenvalue weighted by molar-refractivity contribution is -0.133. The van der Waals surface area contributed by atoms with Gasteiger partial charge in [-0.1, -0.05) is 39.0 Å². The van der Waals surface area contributed by atoms with Gasteiger partial charge in [0.15, 0.2) is 0 Å². The molecule has 1 saturated heterocycles. The molecule has 20 heavy (non-hydrogen) atoms. The highest BCUT2D eigenvalue weighted by molar-refractivity contribution is 6.09. The number of hydrogen-bond donors (Lipinski definition) is 0. The Labute approximate surface area is 121 Å². The highest BCUT2D eigenvalue weighted by atomic mass is 16.2. The molecule has 1 amide bonds. The second-order valence-corrected chi connectivity index (χ2v) is 5.72. The summed E-state index contributed by atoms with van der Waals surface area (Å²) in [5.74, 6) is -0.0202. The summed E-state index contributed by atoms with van der Waals surface area (Å²) in [7, 11) is 0. The average molecular weight is 273 g/mol. The number of nitrogens with zero attached hydrogens (tertiary/aromatic N) is 1. The quantitative estimate of drug-likeness (QED) is 0.787. The minimum absolute atomic E-state index is 0.0174. The number of hydrogen-bond acceptors (Lipinski definition) is 2. The van der Waals surface area contributed by atoms with Crippen molar-refractivity contribution in [1.29, 1.82) is 0 Å². The molecule has 0 N–H and O–H groups in total. The molecule has 1 aromatic carbocycles. The van der Waals surface area contributed by atoms with Crippen LogP contribution < -0.4 is 4.90 Å². The van der Waals surface area contributed by atoms with Crippen molar-refractivity contribution in [2.45, 2.75) is 46.0 Å². The van der Waals surface area contributed by atoms with E-state index >= 15 is 0 Å². The summed E-state index contributed by atoms with van der Waals surface area (Å²) in [5, 5.41) is 0. The molecule has 1 heterocycles. The standard InChI is InChI=1S/C17H23NO2/c1-4-16(19)14-9-7-11-18(17(14)20)15-10-6-5-8-13(15)12(2)3/h5-6,8,10,12,14H,4,7,9,11H2,1-3H3/t14-/m1/s1. The van der Waals surface area contributed by atoms with E-state index in [-0.39, 0.29) is 11.7 Å². The highest BCUT2D eigenvalue weighted by Gasteiger charge is 2.34. The number of carbonyl (C=O) groups excluding carboxylic acids is 2. The Hall–Kier alpha value is -1.64. The number of Topliss-reactive ketones (excluding diaryl/α,β-unsaturated/α-hetero) is 1. The topological polar surface area (TPSA) is 37.4 Å². The Kier molecular flexibility index (Phi) is 4.58. The first-order chi connectivity index (χ1) is 9.56. The fourth-order valence-electron chi connectivity index (χ4n) is 2.88. The van der Waals surface area contributed by atoms with Crippen molar-refractivity contribution in [2.75, 3.05) is 11.4 Å². The van der Waals surface area contributed by atoms with Crippen LogP contribution in [-0.2, 0) is 9.59 Å². The van der Waals surface area contributed by atoms with Gasteiger partial charge in [0.1, 0.15) is 5.78 Å². The second kappa shape index (κ2) is 6.21. The molecule has 1 aromatic rings. The van der Waals surface area contributed by atoms with E-state index in [0.29, 0.717) is 18.8 Å². The van der Waals surface area contributed by atoms with Crippen molar-refractivity contribution >= 4 is 17.4 Å². The number of piperidine rings is 1. The van der Waals surface area contributed by atoms with Gasteiger partial charge in [-0.15, -0.1) is 0 Å². The molecular weight excluding hydrogens is 250 g/mol. The van der Waals surface area contributed by atoms with Gasteiger partial charge in [0, 0.05) is 18.7 Å². The summed E-state index contributed by atoms with van der Waals surface area (Å²) in [5.41, 5.74) is 2.14. The fourth-order valence-corrected chi connectivity index (χ4v) is 2.88. The number of carbonyl (C=O) groups is 2. The van der Waals surface area contributed by atoms with Crippen LogP contribution in [0.4, 0.5) is 5.69 Å². The number of benzene rings is 1. The summed E-state index contributed by atoms with van der Waals surface area (Å²) in [4.78, 5) is 26.3. The van der Waals surface area contributed by atoms with Gasteiger partial charge in [-0.05, 0) is 30.4 Å². The maximum Gasteiger partial charge on any atom is 0.237 e. The SMILES string of the molecule is CCC(=O)[C@H]1CCCN(c2ccccc2C(C)C)C1=O. The molecule has 0 aromatic heterocycles. The average Bonchev–Trinajstić information content (AvgIpc) is 2.46. The zero-order chi connectivity index (χ0) is 14.7. The Morgan fingerprint density at radius 3 is 2.70 bits per heavy atom. The molecule has 1 atom stereocenters. The van der Waals surface area contributed by atoms with Crippen LogP contribution in [0.2, 0.25) is 0 Å². The van der Waals surface area contributed by atoms with Crippen LogP contribution in [0.25, 0.3) is 0 Å². The minimum atomic E-state index is -0.436. The lowest BCUT2D eigenvalue weighted by Gasteiger charge is -2.33. The number of rotatable bonds is 4. The van der Waals surface area contributed by atoms with E-state index < -0.39 is 5.92 Å². The minimum Gasteiger partial charge on any atom is -0.312 e. The summed E-state index contributed by atoms with van der Waals surface area (Å²) >= 11 is 0. The molecule has 3 nitrogen and oxygen atoms in total. The van der Waals surface area contributed by atoms with E-state index in [0.717, 1.165) is 18.7 Å². The third-order valence-electron chi connectivity index (χ3n) is 4.03. The Morgan fingerprint density at radius 2 is 2.05 bits per heavy atom. The molecular formula is C17H23NO2. The van der Waals surface area contributed by atoms with Gasteiger partial charge in [-0.25, -0.2) is 0 Å². The van der Waals surface area contributed by atoms with Crippen molar-refractivity contribution < 1.29 is 9.59 Å². The van der Waals surface area contributed by atoms with E-state index in [2.05, 4.69) is 19.9 Å². The van der Waals surface area contributed by atoms with Crippen molar-refractivity contribution in [1.82, 2.24) is 0 Å². The predicted molar refractivity (Wildman–Crippen MR) is 80.9 cm³/mol. The largest absolute Gasteiger partial charge is 0.312 e. The van der Waals surface area contributed by atoms with Gasteiger partial charge in [-0.2, -0.15) is 0 Å². The van der Waals surface area contributed by atoms with Crippen LogP contribution in [0.15, 0.2) is 24.3 Å². The van der Waals surface area contributed by atoms with Crippen molar-refractivity contribution in [3.8, 4) is 0 Å². The van der Waals surface area contributed by atoms with Gasteiger partial charge in [0.05, 0.1) is 5.92 Å². The summed E-state index contributed by atoms with van der Waals surface area (Å²) < 4.78 is 0. The first-order valence-corrected chi connectivity index (χ1v) is 7.49. The van der Waals surface area contributed by atoms with Gasteiger partial charge >= 0.3 is 0 Å². The zero-order valence-corrected chi connectivity index (χ0v) is 12.6. The predicted octanol–water partition coefficient (Wildman–Crippen LogP) is 3.53. The maximum absolute atomic E-state index is 12.6. The summed E-state index contributed by atoms with van der Waals surface area (Å²) in [6, 6.07) is 8.02. The molecule has 1 aliphatic heterocycles. The lowest BCUT2D eigenvalue weighted by Crippen LogP contribution is -2.44. The number of ketones is 1. The van der Waals surface area contributed by atoms with Crippen molar-refractivity contribution in [3.05, 3.63) is 29.8 Å². The van der Waals surface area contributed by atoms with Crippen LogP contribution in [-0.4, -0.2) is 18.2 Å². The molecule has 108 valence electrons. The zero-order valence-electron chi connectivity index (χ0n) is 12.6. The van der Waals surface area contributed by atoms with Crippen LogP contribution in [0, 0.1) is 5.92 Å². The van der Waals surface area contributed by atoms with E-state index in [1.807, 2.05) is 30.0 Å². The molecule has 0 unspecified atom stereocenters. The number of para-hydroxylation sites is 1. The first kappa shape index (κ1) is 14.8.